The molecular formula is C16H15F3. The standard InChI is InChI=1S/C16H15F3/c1-12-2-4-13(5-3-12)6-7-14-8-10-15(11-9-14)16(17,18)19/h2-5,8-11H,6-7H2,1H3. The third-order valence-electron chi connectivity index (χ3n) is 3.10. The van der Waals surface area contributed by atoms with Crippen molar-refractivity contribution >= 4 is 0 Å². The average molecular weight is 264 g/mol. The van der Waals surface area contributed by atoms with Gasteiger partial charge in [0, 0.05) is 0 Å². The molecule has 2 aromatic rings. The molecular weight excluding hydrogens is 249 g/mol. The zero-order chi connectivity index (χ0) is 13.9. The Labute approximate surface area is 110 Å². The first-order chi connectivity index (χ1) is 8.95. The Morgan fingerprint density at radius 3 is 1.58 bits per heavy atom. The first-order valence-electron chi connectivity index (χ1n) is 6.17. The normalized spacial score (nSPS) is 11.6. The van der Waals surface area contributed by atoms with E-state index < -0.39 is 11.7 Å². The number of hydrogen-bond donors (Lipinski definition) is 0. The Balaban J connectivity index is 1.98. The summed E-state index contributed by atoms with van der Waals surface area (Å²) in [5.41, 5.74) is 2.74. The number of halogens is 3. The van der Waals surface area contributed by atoms with Crippen molar-refractivity contribution in [2.45, 2.75) is 25.9 Å². The third kappa shape index (κ3) is 3.85. The van der Waals surface area contributed by atoms with Crippen molar-refractivity contribution < 1.29 is 13.2 Å². The fourth-order valence-corrected chi connectivity index (χ4v) is 1.90. The van der Waals surface area contributed by atoms with E-state index in [1.165, 1.54) is 11.1 Å². The largest absolute Gasteiger partial charge is 0.416 e. The van der Waals surface area contributed by atoms with Gasteiger partial charge >= 0.3 is 6.18 Å². The van der Waals surface area contributed by atoms with E-state index in [-0.39, 0.29) is 0 Å². The summed E-state index contributed by atoms with van der Waals surface area (Å²) < 4.78 is 37.2. The van der Waals surface area contributed by atoms with Crippen molar-refractivity contribution in [1.29, 1.82) is 0 Å². The second kappa shape index (κ2) is 5.47. The van der Waals surface area contributed by atoms with Crippen LogP contribution in [0.1, 0.15) is 22.3 Å². The van der Waals surface area contributed by atoms with Crippen LogP contribution >= 0.6 is 0 Å². The molecule has 0 amide bonds. The summed E-state index contributed by atoms with van der Waals surface area (Å²) in [6.07, 6.45) is -2.66. The lowest BCUT2D eigenvalue weighted by atomic mass is 10.0. The molecule has 100 valence electrons. The Hall–Kier alpha value is -1.77. The molecule has 0 aliphatic carbocycles. The molecule has 0 unspecified atom stereocenters. The van der Waals surface area contributed by atoms with Gasteiger partial charge in [-0.3, -0.25) is 0 Å². The first-order valence-corrected chi connectivity index (χ1v) is 6.17. The zero-order valence-electron chi connectivity index (χ0n) is 10.7. The second-order valence-electron chi connectivity index (χ2n) is 4.68. The van der Waals surface area contributed by atoms with E-state index in [9.17, 15) is 13.2 Å². The van der Waals surface area contributed by atoms with Gasteiger partial charge in [0.1, 0.15) is 0 Å². The molecule has 0 N–H and O–H groups in total. The minimum Gasteiger partial charge on any atom is -0.166 e. The highest BCUT2D eigenvalue weighted by molar-refractivity contribution is 5.27. The van der Waals surface area contributed by atoms with Crippen molar-refractivity contribution in [3.8, 4) is 0 Å². The molecule has 0 heterocycles. The fourth-order valence-electron chi connectivity index (χ4n) is 1.90. The summed E-state index contributed by atoms with van der Waals surface area (Å²) >= 11 is 0. The number of alkyl halides is 3. The fraction of sp³-hybridized carbons (Fsp3) is 0.250. The molecule has 0 saturated carbocycles. The summed E-state index contributed by atoms with van der Waals surface area (Å²) in [6, 6.07) is 13.6. The van der Waals surface area contributed by atoms with E-state index in [1.54, 1.807) is 12.1 Å². The minimum absolute atomic E-state index is 0.591. The number of hydrogen-bond acceptors (Lipinski definition) is 0. The van der Waals surface area contributed by atoms with Crippen LogP contribution in [0, 0.1) is 6.92 Å². The van der Waals surface area contributed by atoms with Gasteiger partial charge in [0.15, 0.2) is 0 Å². The molecule has 0 saturated heterocycles. The summed E-state index contributed by atoms with van der Waals surface area (Å²) in [4.78, 5) is 0. The van der Waals surface area contributed by atoms with Gasteiger partial charge in [-0.15, -0.1) is 0 Å². The van der Waals surface area contributed by atoms with E-state index in [0.29, 0.717) is 0 Å². The Kier molecular flexibility index (Phi) is 3.93. The minimum atomic E-state index is -4.25. The predicted molar refractivity (Wildman–Crippen MR) is 70.0 cm³/mol. The lowest BCUT2D eigenvalue weighted by Gasteiger charge is -2.07. The molecule has 2 aromatic carbocycles. The van der Waals surface area contributed by atoms with Crippen LogP contribution in [0.4, 0.5) is 13.2 Å². The highest BCUT2D eigenvalue weighted by atomic mass is 19.4. The smallest absolute Gasteiger partial charge is 0.166 e. The maximum atomic E-state index is 12.4. The average Bonchev–Trinajstić information content (AvgIpc) is 2.37. The summed E-state index contributed by atoms with van der Waals surface area (Å²) in [7, 11) is 0. The molecule has 0 nitrogen and oxygen atoms in total. The van der Waals surface area contributed by atoms with Gasteiger partial charge in [0.25, 0.3) is 0 Å². The van der Waals surface area contributed by atoms with Crippen LogP contribution in [-0.2, 0) is 19.0 Å². The van der Waals surface area contributed by atoms with Gasteiger partial charge in [0.05, 0.1) is 5.56 Å². The van der Waals surface area contributed by atoms with Gasteiger partial charge in [0.2, 0.25) is 0 Å². The van der Waals surface area contributed by atoms with Crippen molar-refractivity contribution in [3.05, 3.63) is 70.8 Å². The molecule has 0 fully saturated rings. The molecule has 0 aliphatic rings. The van der Waals surface area contributed by atoms with Crippen molar-refractivity contribution in [2.24, 2.45) is 0 Å². The van der Waals surface area contributed by atoms with E-state index in [2.05, 4.69) is 12.1 Å². The van der Waals surface area contributed by atoms with E-state index in [1.807, 2.05) is 19.1 Å². The van der Waals surface area contributed by atoms with Gasteiger partial charge in [-0.25, -0.2) is 0 Å². The molecule has 0 spiro atoms. The molecule has 0 aromatic heterocycles. The second-order valence-corrected chi connectivity index (χ2v) is 4.68. The topological polar surface area (TPSA) is 0 Å². The highest BCUT2D eigenvalue weighted by Crippen LogP contribution is 2.29. The van der Waals surface area contributed by atoms with Crippen LogP contribution in [0.25, 0.3) is 0 Å². The van der Waals surface area contributed by atoms with E-state index in [4.69, 9.17) is 0 Å². The van der Waals surface area contributed by atoms with Crippen LogP contribution in [0.5, 0.6) is 0 Å². The third-order valence-corrected chi connectivity index (χ3v) is 3.10. The van der Waals surface area contributed by atoms with Gasteiger partial charge in [-0.1, -0.05) is 42.0 Å². The van der Waals surface area contributed by atoms with E-state index in [0.717, 1.165) is 30.5 Å². The Morgan fingerprint density at radius 1 is 0.737 bits per heavy atom. The van der Waals surface area contributed by atoms with Gasteiger partial charge in [-0.05, 0) is 43.0 Å². The summed E-state index contributed by atoms with van der Waals surface area (Å²) in [5, 5.41) is 0. The van der Waals surface area contributed by atoms with Crippen molar-refractivity contribution in [2.75, 3.05) is 0 Å². The Morgan fingerprint density at radius 2 is 1.16 bits per heavy atom. The molecule has 2 rings (SSSR count). The molecule has 19 heavy (non-hydrogen) atoms. The molecule has 0 bridgehead atoms. The SMILES string of the molecule is Cc1ccc(CCc2ccc(C(F)(F)F)cc2)cc1. The Bertz CT molecular complexity index is 521. The maximum absolute atomic E-state index is 12.4. The molecule has 0 aliphatic heterocycles. The summed E-state index contributed by atoms with van der Waals surface area (Å²) in [5.74, 6) is 0. The maximum Gasteiger partial charge on any atom is 0.416 e. The highest BCUT2D eigenvalue weighted by Gasteiger charge is 2.29. The van der Waals surface area contributed by atoms with Crippen molar-refractivity contribution in [1.82, 2.24) is 0 Å². The molecule has 0 atom stereocenters. The zero-order valence-corrected chi connectivity index (χ0v) is 10.7. The van der Waals surface area contributed by atoms with Crippen molar-refractivity contribution in [3.63, 3.8) is 0 Å². The van der Waals surface area contributed by atoms with Crippen LogP contribution in [0.15, 0.2) is 48.5 Å². The summed E-state index contributed by atoms with van der Waals surface area (Å²) in [6.45, 7) is 2.03. The number of rotatable bonds is 3. The first kappa shape index (κ1) is 13.7. The van der Waals surface area contributed by atoms with Gasteiger partial charge < -0.3 is 0 Å². The lowest BCUT2D eigenvalue weighted by molar-refractivity contribution is -0.137. The quantitative estimate of drug-likeness (QED) is 0.747. The van der Waals surface area contributed by atoms with Crippen LogP contribution < -0.4 is 0 Å². The lowest BCUT2D eigenvalue weighted by Crippen LogP contribution is -2.04. The number of benzene rings is 2. The van der Waals surface area contributed by atoms with E-state index >= 15 is 0 Å². The molecule has 0 radical (unpaired) electrons. The monoisotopic (exact) mass is 264 g/mol. The van der Waals surface area contributed by atoms with Crippen LogP contribution in [0.3, 0.4) is 0 Å². The predicted octanol–water partition coefficient (Wildman–Crippen LogP) is 4.80. The van der Waals surface area contributed by atoms with Crippen LogP contribution in [0.2, 0.25) is 0 Å². The molecule has 3 heteroatoms. The number of aryl methyl sites for hydroxylation is 3. The van der Waals surface area contributed by atoms with Crippen LogP contribution in [-0.4, -0.2) is 0 Å². The van der Waals surface area contributed by atoms with Gasteiger partial charge in [-0.2, -0.15) is 13.2 Å².